The zero-order chi connectivity index (χ0) is 15.9. The molecule has 0 bridgehead atoms. The van der Waals surface area contributed by atoms with Crippen LogP contribution in [-0.4, -0.2) is 9.97 Å². The van der Waals surface area contributed by atoms with Crippen molar-refractivity contribution in [2.75, 3.05) is 0 Å². The molecular weight excluding hydrogens is 324 g/mol. The van der Waals surface area contributed by atoms with E-state index < -0.39 is 11.5 Å². The summed E-state index contributed by atoms with van der Waals surface area (Å²) in [6.07, 6.45) is 0. The zero-order valence-corrected chi connectivity index (χ0v) is 12.6. The number of aromatic amines is 2. The second kappa shape index (κ2) is 5.33. The number of ether oxygens (including phenoxy) is 1. The fraction of sp³-hybridized carbons (Fsp3) is 0.0714. The van der Waals surface area contributed by atoms with E-state index in [0.29, 0.717) is 10.6 Å². The number of allylic oxidation sites excluding steroid dienone is 1. The molecule has 6 nitrogen and oxygen atoms in total. The molecule has 1 atom stereocenters. The Kier molecular flexibility index (Phi) is 3.48. The van der Waals surface area contributed by atoms with E-state index >= 15 is 0 Å². The van der Waals surface area contributed by atoms with Crippen LogP contribution in [0, 0.1) is 16.1 Å². The third-order valence-electron chi connectivity index (χ3n) is 3.30. The predicted molar refractivity (Wildman–Crippen MR) is 83.0 cm³/mol. The number of nitrogens with two attached hydrogens (primary N) is 1. The minimum atomic E-state index is -0.678. The van der Waals surface area contributed by atoms with E-state index in [1.807, 2.05) is 6.07 Å². The molecule has 1 aliphatic rings. The molecular formula is C14H9ClN4O2S. The first-order valence-corrected chi connectivity index (χ1v) is 6.99. The van der Waals surface area contributed by atoms with Crippen molar-refractivity contribution in [1.82, 2.24) is 9.97 Å². The summed E-state index contributed by atoms with van der Waals surface area (Å²) in [6, 6.07) is 8.87. The Morgan fingerprint density at radius 2 is 2.18 bits per heavy atom. The third-order valence-corrected chi connectivity index (χ3v) is 3.74. The fourth-order valence-electron chi connectivity index (χ4n) is 2.41. The molecule has 0 amide bonds. The highest BCUT2D eigenvalue weighted by Crippen LogP contribution is 2.39. The van der Waals surface area contributed by atoms with Crippen LogP contribution in [0.5, 0.6) is 5.88 Å². The molecule has 0 saturated heterocycles. The van der Waals surface area contributed by atoms with Crippen molar-refractivity contribution in [3.63, 3.8) is 0 Å². The van der Waals surface area contributed by atoms with Crippen LogP contribution in [-0.2, 0) is 0 Å². The number of hydrogen-bond acceptors (Lipinski definition) is 5. The number of nitrogens with zero attached hydrogens (tertiary/aromatic N) is 1. The van der Waals surface area contributed by atoms with Crippen LogP contribution in [0.1, 0.15) is 17.0 Å². The number of fused-ring (bicyclic) bond motifs is 1. The van der Waals surface area contributed by atoms with Gasteiger partial charge in [0.25, 0.3) is 5.56 Å². The number of nitrogens with one attached hydrogen (secondary N) is 2. The van der Waals surface area contributed by atoms with Crippen molar-refractivity contribution in [3.8, 4) is 11.9 Å². The number of halogens is 1. The summed E-state index contributed by atoms with van der Waals surface area (Å²) in [4.78, 5) is 17.5. The van der Waals surface area contributed by atoms with Crippen LogP contribution < -0.4 is 16.0 Å². The van der Waals surface area contributed by atoms with Crippen molar-refractivity contribution in [2.24, 2.45) is 5.73 Å². The van der Waals surface area contributed by atoms with Gasteiger partial charge in [-0.3, -0.25) is 9.78 Å². The van der Waals surface area contributed by atoms with Gasteiger partial charge < -0.3 is 15.5 Å². The van der Waals surface area contributed by atoms with Crippen molar-refractivity contribution >= 4 is 23.8 Å². The number of rotatable bonds is 1. The van der Waals surface area contributed by atoms with Crippen LogP contribution in [0.25, 0.3) is 0 Å². The maximum Gasteiger partial charge on any atom is 0.259 e. The Labute approximate surface area is 134 Å². The predicted octanol–water partition coefficient (Wildman–Crippen LogP) is 2.30. The lowest BCUT2D eigenvalue weighted by Gasteiger charge is -2.25. The van der Waals surface area contributed by atoms with Gasteiger partial charge in [0, 0.05) is 5.02 Å². The maximum absolute atomic E-state index is 12.3. The Morgan fingerprint density at radius 1 is 1.41 bits per heavy atom. The number of benzene rings is 1. The lowest BCUT2D eigenvalue weighted by molar-refractivity contribution is 0.374. The monoisotopic (exact) mass is 332 g/mol. The highest BCUT2D eigenvalue weighted by Gasteiger charge is 2.33. The van der Waals surface area contributed by atoms with E-state index in [2.05, 4.69) is 9.97 Å². The van der Waals surface area contributed by atoms with E-state index in [4.69, 9.17) is 34.3 Å². The van der Waals surface area contributed by atoms with Crippen LogP contribution >= 0.6 is 23.8 Å². The maximum atomic E-state index is 12.3. The van der Waals surface area contributed by atoms with Crippen molar-refractivity contribution in [2.45, 2.75) is 5.92 Å². The lowest BCUT2D eigenvalue weighted by Crippen LogP contribution is -2.28. The number of hydrogen-bond donors (Lipinski definition) is 3. The normalized spacial score (nSPS) is 16.6. The molecule has 0 fully saturated rings. The van der Waals surface area contributed by atoms with Gasteiger partial charge in [-0.2, -0.15) is 5.26 Å². The summed E-state index contributed by atoms with van der Waals surface area (Å²) in [5, 5.41) is 9.88. The first-order chi connectivity index (χ1) is 10.5. The summed E-state index contributed by atoms with van der Waals surface area (Å²) in [7, 11) is 0. The minimum Gasteiger partial charge on any atom is -0.424 e. The molecule has 1 aromatic heterocycles. The largest absolute Gasteiger partial charge is 0.424 e. The molecule has 0 unspecified atom stereocenters. The van der Waals surface area contributed by atoms with Gasteiger partial charge in [0.05, 0.1) is 11.5 Å². The molecule has 0 spiro atoms. The Hall–Kier alpha value is -2.56. The van der Waals surface area contributed by atoms with Crippen LogP contribution in [0.15, 0.2) is 40.5 Å². The summed E-state index contributed by atoms with van der Waals surface area (Å²) < 4.78 is 5.45. The molecule has 22 heavy (non-hydrogen) atoms. The van der Waals surface area contributed by atoms with Crippen molar-refractivity contribution < 1.29 is 4.74 Å². The number of aromatic nitrogens is 2. The van der Waals surface area contributed by atoms with E-state index in [1.54, 1.807) is 24.3 Å². The summed E-state index contributed by atoms with van der Waals surface area (Å²) in [5.74, 6) is -0.616. The molecule has 1 aliphatic heterocycles. The van der Waals surface area contributed by atoms with Gasteiger partial charge in [0.2, 0.25) is 11.8 Å². The highest BCUT2D eigenvalue weighted by molar-refractivity contribution is 7.71. The molecule has 0 saturated carbocycles. The zero-order valence-electron chi connectivity index (χ0n) is 11.0. The molecule has 8 heteroatoms. The van der Waals surface area contributed by atoms with E-state index in [-0.39, 0.29) is 27.7 Å². The quantitative estimate of drug-likeness (QED) is 0.694. The first-order valence-electron chi connectivity index (χ1n) is 6.21. The second-order valence-electron chi connectivity index (χ2n) is 4.63. The van der Waals surface area contributed by atoms with Gasteiger partial charge in [-0.15, -0.1) is 0 Å². The van der Waals surface area contributed by atoms with E-state index in [0.717, 1.165) is 0 Å². The fourth-order valence-corrected chi connectivity index (χ4v) is 2.79. The standard InChI is InChI=1S/C14H9ClN4O2S/c15-7-3-1-2-6(4-7)9-8(5-16)11(17)21-13-10(9)12(20)18-14(22)19-13/h1-4,9H,17H2,(H2,18,19,20,22)/t9-/m0/s1. The first kappa shape index (κ1) is 14.4. The SMILES string of the molecule is N#CC1=C(N)Oc2[nH]c(=S)[nH]c(=O)c2[C@H]1c1cccc(Cl)c1. The van der Waals surface area contributed by atoms with Crippen LogP contribution in [0.4, 0.5) is 0 Å². The number of H-pyrrole nitrogens is 2. The Morgan fingerprint density at radius 3 is 2.86 bits per heavy atom. The summed E-state index contributed by atoms with van der Waals surface area (Å²) in [6.45, 7) is 0. The van der Waals surface area contributed by atoms with Gasteiger partial charge in [0.1, 0.15) is 11.6 Å². The molecule has 2 heterocycles. The Balaban J connectivity index is 2.34. The topological polar surface area (TPSA) is 108 Å². The molecule has 3 rings (SSSR count). The van der Waals surface area contributed by atoms with E-state index in [9.17, 15) is 10.1 Å². The average Bonchev–Trinajstić information content (AvgIpc) is 2.45. The van der Waals surface area contributed by atoms with Crippen LogP contribution in [0.2, 0.25) is 5.02 Å². The molecule has 0 aliphatic carbocycles. The Bertz CT molecular complexity index is 954. The second-order valence-corrected chi connectivity index (χ2v) is 5.48. The molecule has 1 aromatic carbocycles. The molecule has 4 N–H and O–H groups in total. The molecule has 0 radical (unpaired) electrons. The molecule has 110 valence electrons. The third kappa shape index (κ3) is 2.28. The minimum absolute atomic E-state index is 0.0729. The summed E-state index contributed by atoms with van der Waals surface area (Å²) in [5.41, 5.74) is 6.41. The van der Waals surface area contributed by atoms with Gasteiger partial charge in [-0.05, 0) is 29.9 Å². The lowest BCUT2D eigenvalue weighted by atomic mass is 9.85. The van der Waals surface area contributed by atoms with Crippen molar-refractivity contribution in [3.05, 3.63) is 67.0 Å². The number of nitriles is 1. The molecule has 2 aromatic rings. The smallest absolute Gasteiger partial charge is 0.259 e. The van der Waals surface area contributed by atoms with Gasteiger partial charge in [-0.25, -0.2) is 0 Å². The van der Waals surface area contributed by atoms with E-state index in [1.165, 1.54) is 0 Å². The van der Waals surface area contributed by atoms with Gasteiger partial charge >= 0.3 is 0 Å². The van der Waals surface area contributed by atoms with Gasteiger partial charge in [-0.1, -0.05) is 23.7 Å². The van der Waals surface area contributed by atoms with Crippen molar-refractivity contribution in [1.29, 1.82) is 5.26 Å². The average molecular weight is 333 g/mol. The summed E-state index contributed by atoms with van der Waals surface area (Å²) >= 11 is 10.9. The highest BCUT2D eigenvalue weighted by atomic mass is 35.5. The van der Waals surface area contributed by atoms with Gasteiger partial charge in [0.15, 0.2) is 4.77 Å². The van der Waals surface area contributed by atoms with Crippen LogP contribution in [0.3, 0.4) is 0 Å².